The number of imidazole rings is 1. The summed E-state index contributed by atoms with van der Waals surface area (Å²) in [5.74, 6) is 0.531. The predicted molar refractivity (Wildman–Crippen MR) is 175 cm³/mol. The van der Waals surface area contributed by atoms with Gasteiger partial charge in [-0.25, -0.2) is 9.78 Å². The maximum Gasteiger partial charge on any atom is 0.312 e. The maximum atomic E-state index is 13.8. The van der Waals surface area contributed by atoms with Crippen molar-refractivity contribution in [1.82, 2.24) is 25.1 Å². The number of nitrogens with zero attached hydrogens (tertiary/aromatic N) is 3. The number of carbonyl (C=O) groups excluding carboxylic acids is 3. The van der Waals surface area contributed by atoms with Gasteiger partial charge in [-0.15, -0.1) is 0 Å². The summed E-state index contributed by atoms with van der Waals surface area (Å²) in [5, 5.41) is 5.91. The lowest BCUT2D eigenvalue weighted by molar-refractivity contribution is -0.142. The fourth-order valence-corrected chi connectivity index (χ4v) is 6.73. The molecule has 0 bridgehead atoms. The maximum absolute atomic E-state index is 13.8. The summed E-state index contributed by atoms with van der Waals surface area (Å²) >= 11 is 0. The molecule has 3 aromatic rings. The first-order valence-corrected chi connectivity index (χ1v) is 16.3. The number of nitrogens with two attached hydrogens (primary N) is 1. The standard InChI is InChI=1S/C36H48N6O3/c1-36(2,3)29-15-12-26(13-16-29)22-41-24-40-30-19-31(34(44)38-20-27-10-7-11-28(18-27)21-39-35(37)45)42(23-32(30)41)33(43)17-14-25-8-5-4-6-9-25/h4-6,8-9,12-13,15-16,24,27-28,31H,7,10-11,14,17-23H2,1-3H3,(H,38,44)(H3,37,39,45). The zero-order valence-electron chi connectivity index (χ0n) is 26.9. The normalized spacial score (nSPS) is 19.9. The van der Waals surface area contributed by atoms with E-state index in [0.29, 0.717) is 57.3 Å². The molecule has 1 aliphatic carbocycles. The van der Waals surface area contributed by atoms with E-state index in [0.717, 1.165) is 42.6 Å². The average molecular weight is 613 g/mol. The Kier molecular flexibility index (Phi) is 10.3. The minimum atomic E-state index is -0.605. The van der Waals surface area contributed by atoms with Crippen LogP contribution in [0.25, 0.3) is 0 Å². The Hall–Kier alpha value is -4.14. The summed E-state index contributed by atoms with van der Waals surface area (Å²) in [6, 6.07) is 17.6. The Morgan fingerprint density at radius 2 is 1.62 bits per heavy atom. The molecule has 3 atom stereocenters. The number of amides is 4. The highest BCUT2D eigenvalue weighted by atomic mass is 16.2. The molecule has 5 rings (SSSR count). The molecule has 3 unspecified atom stereocenters. The van der Waals surface area contributed by atoms with Crippen LogP contribution < -0.4 is 16.4 Å². The lowest BCUT2D eigenvalue weighted by Gasteiger charge is -2.36. The molecule has 2 aliphatic rings. The molecular weight excluding hydrogens is 564 g/mol. The van der Waals surface area contributed by atoms with Gasteiger partial charge < -0.3 is 25.8 Å². The SMILES string of the molecule is CC(C)(C)c1ccc(Cn2cnc3c2CN(C(=O)CCc2ccccc2)C(C(=O)NCC2CCCC(CNC(N)=O)C2)C3)cc1. The van der Waals surface area contributed by atoms with Crippen LogP contribution in [0.2, 0.25) is 0 Å². The van der Waals surface area contributed by atoms with Crippen LogP contribution in [-0.4, -0.2) is 51.4 Å². The number of nitrogens with one attached hydrogen (secondary N) is 2. The summed E-state index contributed by atoms with van der Waals surface area (Å²) in [4.78, 5) is 45.2. The number of hydrogen-bond acceptors (Lipinski definition) is 4. The largest absolute Gasteiger partial charge is 0.354 e. The molecule has 1 aromatic heterocycles. The van der Waals surface area contributed by atoms with Crippen molar-refractivity contribution >= 4 is 17.8 Å². The van der Waals surface area contributed by atoms with Gasteiger partial charge in [-0.1, -0.05) is 81.8 Å². The molecule has 1 fully saturated rings. The third-order valence-corrected chi connectivity index (χ3v) is 9.40. The van der Waals surface area contributed by atoms with Gasteiger partial charge in [0.05, 0.1) is 24.3 Å². The van der Waals surface area contributed by atoms with Crippen molar-refractivity contribution in [3.63, 3.8) is 0 Å². The van der Waals surface area contributed by atoms with Crippen LogP contribution in [0.15, 0.2) is 60.9 Å². The van der Waals surface area contributed by atoms with Crippen molar-refractivity contribution in [3.8, 4) is 0 Å². The Bertz CT molecular complexity index is 1460. The van der Waals surface area contributed by atoms with Crippen LogP contribution >= 0.6 is 0 Å². The quantitative estimate of drug-likeness (QED) is 0.307. The Morgan fingerprint density at radius 1 is 0.933 bits per heavy atom. The smallest absolute Gasteiger partial charge is 0.312 e. The fourth-order valence-electron chi connectivity index (χ4n) is 6.73. The van der Waals surface area contributed by atoms with Crippen LogP contribution in [-0.2, 0) is 40.9 Å². The third-order valence-electron chi connectivity index (χ3n) is 9.40. The number of benzene rings is 2. The van der Waals surface area contributed by atoms with Crippen molar-refractivity contribution in [1.29, 1.82) is 0 Å². The highest BCUT2D eigenvalue weighted by molar-refractivity contribution is 5.88. The molecule has 9 heteroatoms. The van der Waals surface area contributed by atoms with Crippen LogP contribution in [0.4, 0.5) is 4.79 Å². The van der Waals surface area contributed by atoms with Crippen molar-refractivity contribution in [3.05, 3.63) is 89.0 Å². The van der Waals surface area contributed by atoms with Crippen LogP contribution in [0, 0.1) is 11.8 Å². The second kappa shape index (κ2) is 14.3. The molecular formula is C36H48N6O3. The monoisotopic (exact) mass is 612 g/mol. The van der Waals surface area contributed by atoms with Crippen LogP contribution in [0.3, 0.4) is 0 Å². The van der Waals surface area contributed by atoms with Crippen LogP contribution in [0.5, 0.6) is 0 Å². The molecule has 9 nitrogen and oxygen atoms in total. The lowest BCUT2D eigenvalue weighted by Crippen LogP contribution is -2.53. The van der Waals surface area contributed by atoms with Gasteiger partial charge in [-0.2, -0.15) is 0 Å². The van der Waals surface area contributed by atoms with E-state index in [1.54, 1.807) is 4.90 Å². The van der Waals surface area contributed by atoms with Gasteiger partial charge in [-0.05, 0) is 59.6 Å². The Labute approximate surface area is 267 Å². The van der Waals surface area contributed by atoms with Gasteiger partial charge in [0.2, 0.25) is 11.8 Å². The number of primary amides is 1. The molecule has 2 aromatic carbocycles. The van der Waals surface area contributed by atoms with E-state index in [1.807, 2.05) is 36.7 Å². The van der Waals surface area contributed by atoms with Crippen molar-refractivity contribution in [2.75, 3.05) is 13.1 Å². The summed E-state index contributed by atoms with van der Waals surface area (Å²) < 4.78 is 2.12. The highest BCUT2D eigenvalue weighted by Gasteiger charge is 2.37. The molecule has 2 heterocycles. The zero-order valence-corrected chi connectivity index (χ0v) is 26.9. The van der Waals surface area contributed by atoms with Gasteiger partial charge in [0, 0.05) is 32.5 Å². The van der Waals surface area contributed by atoms with E-state index in [1.165, 1.54) is 11.1 Å². The summed E-state index contributed by atoms with van der Waals surface area (Å²) in [7, 11) is 0. The number of carbonyl (C=O) groups is 3. The van der Waals surface area contributed by atoms with Gasteiger partial charge in [0.1, 0.15) is 6.04 Å². The topological polar surface area (TPSA) is 122 Å². The Morgan fingerprint density at radius 3 is 2.29 bits per heavy atom. The molecule has 4 N–H and O–H groups in total. The molecule has 0 spiro atoms. The first-order valence-electron chi connectivity index (χ1n) is 16.3. The number of rotatable bonds is 10. The Balaban J connectivity index is 1.29. The molecule has 0 radical (unpaired) electrons. The molecule has 1 aliphatic heterocycles. The third kappa shape index (κ3) is 8.53. The molecule has 45 heavy (non-hydrogen) atoms. The van der Waals surface area contributed by atoms with Crippen LogP contribution in [0.1, 0.15) is 81.0 Å². The second-order valence-corrected chi connectivity index (χ2v) is 13.8. The molecule has 4 amide bonds. The molecule has 1 saturated carbocycles. The number of fused-ring (bicyclic) bond motifs is 1. The van der Waals surface area contributed by atoms with E-state index in [2.05, 4.69) is 60.2 Å². The van der Waals surface area contributed by atoms with Crippen molar-refractivity contribution in [2.45, 2.75) is 90.3 Å². The highest BCUT2D eigenvalue weighted by Crippen LogP contribution is 2.29. The van der Waals surface area contributed by atoms with Crippen molar-refractivity contribution in [2.24, 2.45) is 17.6 Å². The van der Waals surface area contributed by atoms with Gasteiger partial charge in [0.15, 0.2) is 0 Å². The molecule has 0 saturated heterocycles. The average Bonchev–Trinajstić information content (AvgIpc) is 3.42. The van der Waals surface area contributed by atoms with E-state index in [-0.39, 0.29) is 17.2 Å². The first kappa shape index (κ1) is 32.3. The first-order chi connectivity index (χ1) is 21.6. The van der Waals surface area contributed by atoms with Gasteiger partial charge >= 0.3 is 6.03 Å². The number of hydrogen-bond donors (Lipinski definition) is 3. The summed E-state index contributed by atoms with van der Waals surface area (Å²) in [5.41, 5.74) is 10.8. The fraction of sp³-hybridized carbons (Fsp3) is 0.500. The number of urea groups is 1. The number of aromatic nitrogens is 2. The minimum Gasteiger partial charge on any atom is -0.354 e. The van der Waals surface area contributed by atoms with E-state index >= 15 is 0 Å². The minimum absolute atomic E-state index is 0.0258. The van der Waals surface area contributed by atoms with E-state index in [9.17, 15) is 14.4 Å². The van der Waals surface area contributed by atoms with Gasteiger partial charge in [-0.3, -0.25) is 9.59 Å². The molecule has 240 valence electrons. The van der Waals surface area contributed by atoms with E-state index in [4.69, 9.17) is 10.7 Å². The lowest BCUT2D eigenvalue weighted by atomic mass is 9.81. The number of aryl methyl sites for hydroxylation is 1. The predicted octanol–water partition coefficient (Wildman–Crippen LogP) is 4.71. The van der Waals surface area contributed by atoms with Gasteiger partial charge in [0.25, 0.3) is 0 Å². The summed E-state index contributed by atoms with van der Waals surface area (Å²) in [6.45, 7) is 8.76. The zero-order chi connectivity index (χ0) is 32.0. The second-order valence-electron chi connectivity index (χ2n) is 13.8. The summed E-state index contributed by atoms with van der Waals surface area (Å²) in [6.07, 6.45) is 7.26. The van der Waals surface area contributed by atoms with Crippen molar-refractivity contribution < 1.29 is 14.4 Å². The van der Waals surface area contributed by atoms with E-state index < -0.39 is 12.1 Å².